The summed E-state index contributed by atoms with van der Waals surface area (Å²) in [6, 6.07) is 0. The van der Waals surface area contributed by atoms with Crippen LogP contribution in [0.1, 0.15) is 0 Å². The predicted molar refractivity (Wildman–Crippen MR) is 75.6 cm³/mol. The van der Waals surface area contributed by atoms with Crippen molar-refractivity contribution in [3.05, 3.63) is 0 Å². The van der Waals surface area contributed by atoms with Crippen LogP contribution in [0.5, 0.6) is 0 Å². The summed E-state index contributed by atoms with van der Waals surface area (Å²) in [6.45, 7) is 5.66. The van der Waals surface area contributed by atoms with E-state index in [0.717, 1.165) is 45.3 Å². The fraction of sp³-hybridized carbons (Fsp3) is 0.900. The Labute approximate surface area is 114 Å². The smallest absolute Gasteiger partial charge is 0.193 e. The molecule has 0 spiro atoms. The van der Waals surface area contributed by atoms with E-state index in [2.05, 4.69) is 34.2 Å². The highest BCUT2D eigenvalue weighted by atomic mass is 127. The van der Waals surface area contributed by atoms with E-state index in [9.17, 15) is 0 Å². The summed E-state index contributed by atoms with van der Waals surface area (Å²) in [5.41, 5.74) is 0. The van der Waals surface area contributed by atoms with Gasteiger partial charge in [-0.1, -0.05) is 0 Å². The number of morpholine rings is 1. The second kappa shape index (κ2) is 6.61. The van der Waals surface area contributed by atoms with Gasteiger partial charge in [0.25, 0.3) is 0 Å². The molecule has 2 heterocycles. The van der Waals surface area contributed by atoms with Gasteiger partial charge in [0.15, 0.2) is 5.96 Å². The Morgan fingerprint density at radius 2 is 2.25 bits per heavy atom. The lowest BCUT2D eigenvalue weighted by Crippen LogP contribution is -2.47. The van der Waals surface area contributed by atoms with Crippen molar-refractivity contribution in [1.29, 1.82) is 0 Å². The molecule has 0 aromatic rings. The molecule has 0 aromatic carbocycles. The van der Waals surface area contributed by atoms with E-state index >= 15 is 0 Å². The molecule has 1 saturated heterocycles. The van der Waals surface area contributed by atoms with Gasteiger partial charge in [0.05, 0.1) is 19.3 Å². The fourth-order valence-electron chi connectivity index (χ4n) is 1.92. The quantitative estimate of drug-likeness (QED) is 0.709. The van der Waals surface area contributed by atoms with E-state index in [1.165, 1.54) is 0 Å². The van der Waals surface area contributed by atoms with Gasteiger partial charge in [-0.3, -0.25) is 4.99 Å². The molecule has 16 heavy (non-hydrogen) atoms. The van der Waals surface area contributed by atoms with Crippen molar-refractivity contribution < 1.29 is 4.74 Å². The largest absolute Gasteiger partial charge is 0.374 e. The Balaban J connectivity index is 0.00000128. The van der Waals surface area contributed by atoms with Crippen molar-refractivity contribution >= 4 is 29.9 Å². The van der Waals surface area contributed by atoms with Crippen LogP contribution in [-0.4, -0.2) is 75.3 Å². The molecular weight excluding hydrogens is 319 g/mol. The van der Waals surface area contributed by atoms with Gasteiger partial charge in [-0.05, 0) is 7.05 Å². The van der Waals surface area contributed by atoms with Gasteiger partial charge in [-0.2, -0.15) is 0 Å². The van der Waals surface area contributed by atoms with Crippen molar-refractivity contribution in [2.75, 3.05) is 53.4 Å². The fourth-order valence-corrected chi connectivity index (χ4v) is 1.92. The van der Waals surface area contributed by atoms with E-state index < -0.39 is 0 Å². The number of nitrogens with zero attached hydrogens (tertiary/aromatic N) is 3. The molecule has 6 heteroatoms. The summed E-state index contributed by atoms with van der Waals surface area (Å²) in [4.78, 5) is 8.83. The Kier molecular flexibility index (Phi) is 5.77. The third-order valence-electron chi connectivity index (χ3n) is 2.89. The highest BCUT2D eigenvalue weighted by molar-refractivity contribution is 14.0. The number of rotatable bonds is 2. The van der Waals surface area contributed by atoms with E-state index in [-0.39, 0.29) is 24.0 Å². The summed E-state index contributed by atoms with van der Waals surface area (Å²) >= 11 is 0. The molecule has 2 aliphatic heterocycles. The van der Waals surface area contributed by atoms with Crippen LogP contribution in [0, 0.1) is 0 Å². The summed E-state index contributed by atoms with van der Waals surface area (Å²) in [5, 5.41) is 3.35. The summed E-state index contributed by atoms with van der Waals surface area (Å²) in [6.07, 6.45) is 0.292. The molecule has 2 aliphatic rings. The van der Waals surface area contributed by atoms with Crippen LogP contribution in [-0.2, 0) is 4.74 Å². The number of hydrogen-bond acceptors (Lipinski definition) is 5. The lowest BCUT2D eigenvalue weighted by molar-refractivity contribution is -0.0162. The summed E-state index contributed by atoms with van der Waals surface area (Å²) in [5.74, 6) is 1.01. The maximum absolute atomic E-state index is 5.67. The van der Waals surface area contributed by atoms with Crippen LogP contribution in [0.25, 0.3) is 0 Å². The number of likely N-dealkylation sites (N-methyl/N-ethyl adjacent to an activating group) is 2. The standard InChI is InChI=1S/C10H20N4O.HI/c1-13-5-6-15-9(8-13)7-12-10-11-3-4-14(10)2;/h9H,3-8H2,1-2H3,(H,11,12);1H. The van der Waals surface area contributed by atoms with Crippen molar-refractivity contribution in [3.63, 3.8) is 0 Å². The average Bonchev–Trinajstić information content (AvgIpc) is 2.61. The monoisotopic (exact) mass is 340 g/mol. The van der Waals surface area contributed by atoms with Crippen LogP contribution in [0.3, 0.4) is 0 Å². The van der Waals surface area contributed by atoms with Crippen LogP contribution in [0.15, 0.2) is 4.99 Å². The first-order chi connectivity index (χ1) is 7.25. The van der Waals surface area contributed by atoms with Crippen LogP contribution in [0.4, 0.5) is 0 Å². The minimum absolute atomic E-state index is 0. The second-order valence-corrected chi connectivity index (χ2v) is 4.26. The lowest BCUT2D eigenvalue weighted by atomic mass is 10.3. The third-order valence-corrected chi connectivity index (χ3v) is 2.89. The van der Waals surface area contributed by atoms with Crippen LogP contribution >= 0.6 is 24.0 Å². The number of ether oxygens (including phenoxy) is 1. The van der Waals surface area contributed by atoms with Gasteiger partial charge in [0, 0.05) is 33.2 Å². The maximum atomic E-state index is 5.67. The zero-order valence-electron chi connectivity index (χ0n) is 9.98. The van der Waals surface area contributed by atoms with Gasteiger partial charge >= 0.3 is 0 Å². The molecule has 0 amide bonds. The van der Waals surface area contributed by atoms with Crippen molar-refractivity contribution in [1.82, 2.24) is 15.1 Å². The number of hydrogen-bond donors (Lipinski definition) is 1. The first-order valence-electron chi connectivity index (χ1n) is 5.55. The molecule has 1 N–H and O–H groups in total. The molecule has 5 nitrogen and oxygen atoms in total. The van der Waals surface area contributed by atoms with Gasteiger partial charge in [0.2, 0.25) is 0 Å². The first-order valence-corrected chi connectivity index (χ1v) is 5.55. The number of halogens is 1. The molecular formula is C10H21IN4O. The molecule has 2 rings (SSSR count). The van der Waals surface area contributed by atoms with Gasteiger partial charge < -0.3 is 19.9 Å². The molecule has 0 radical (unpaired) electrons. The molecule has 1 fully saturated rings. The van der Waals surface area contributed by atoms with Crippen LogP contribution < -0.4 is 5.32 Å². The molecule has 0 bridgehead atoms. The predicted octanol–water partition coefficient (Wildman–Crippen LogP) is -0.174. The molecule has 1 atom stereocenters. The topological polar surface area (TPSA) is 40.1 Å². The Morgan fingerprint density at radius 3 is 2.88 bits per heavy atom. The highest BCUT2D eigenvalue weighted by Gasteiger charge is 2.19. The third kappa shape index (κ3) is 3.74. The Bertz CT molecular complexity index is 249. The first kappa shape index (κ1) is 14.0. The molecule has 94 valence electrons. The van der Waals surface area contributed by atoms with Gasteiger partial charge in [-0.15, -0.1) is 24.0 Å². The normalized spacial score (nSPS) is 26.2. The summed E-state index contributed by atoms with van der Waals surface area (Å²) < 4.78 is 5.67. The molecule has 0 saturated carbocycles. The van der Waals surface area contributed by atoms with E-state index in [1.807, 2.05) is 0 Å². The zero-order chi connectivity index (χ0) is 10.7. The zero-order valence-corrected chi connectivity index (χ0v) is 12.3. The number of nitrogens with one attached hydrogen (secondary N) is 1. The Hall–Kier alpha value is -0.0800. The summed E-state index contributed by atoms with van der Waals surface area (Å²) in [7, 11) is 4.20. The van der Waals surface area contributed by atoms with Crippen molar-refractivity contribution in [3.8, 4) is 0 Å². The molecule has 0 aliphatic carbocycles. The number of aliphatic imine (C=N–C) groups is 1. The average molecular weight is 340 g/mol. The van der Waals surface area contributed by atoms with Crippen molar-refractivity contribution in [2.24, 2.45) is 4.99 Å². The lowest BCUT2D eigenvalue weighted by Gasteiger charge is -2.30. The minimum atomic E-state index is 0. The van der Waals surface area contributed by atoms with E-state index in [1.54, 1.807) is 0 Å². The number of guanidine groups is 1. The van der Waals surface area contributed by atoms with Crippen LogP contribution in [0.2, 0.25) is 0 Å². The van der Waals surface area contributed by atoms with Gasteiger partial charge in [0.1, 0.15) is 0 Å². The minimum Gasteiger partial charge on any atom is -0.374 e. The molecule has 0 aromatic heterocycles. The van der Waals surface area contributed by atoms with Gasteiger partial charge in [-0.25, -0.2) is 0 Å². The van der Waals surface area contributed by atoms with E-state index in [4.69, 9.17) is 4.74 Å². The molecule has 1 unspecified atom stereocenters. The van der Waals surface area contributed by atoms with E-state index in [0.29, 0.717) is 6.10 Å². The Morgan fingerprint density at radius 1 is 1.44 bits per heavy atom. The highest BCUT2D eigenvalue weighted by Crippen LogP contribution is 2.02. The van der Waals surface area contributed by atoms with Crippen molar-refractivity contribution in [2.45, 2.75) is 6.10 Å². The maximum Gasteiger partial charge on any atom is 0.193 e. The second-order valence-electron chi connectivity index (χ2n) is 4.26. The SMILES string of the molecule is CN1CCOC(CNC2=NCCN2C)C1.I.